The fourth-order valence-corrected chi connectivity index (χ4v) is 3.46. The standard InChI is InChI=1S/C20H21N3/c1-2-7-17(8-3-1)23(18-11-13-21-14-12-18)20-19-9-5-4-6-16(19)10-15-22-20/h1-10,15,18,21H,11-14H2. The van der Waals surface area contributed by atoms with Gasteiger partial charge in [0.15, 0.2) is 0 Å². The van der Waals surface area contributed by atoms with Gasteiger partial charge in [-0.15, -0.1) is 0 Å². The number of fused-ring (bicyclic) bond motifs is 1. The van der Waals surface area contributed by atoms with E-state index >= 15 is 0 Å². The number of nitrogens with zero attached hydrogens (tertiary/aromatic N) is 2. The molecular formula is C20H21N3. The summed E-state index contributed by atoms with van der Waals surface area (Å²) in [6.45, 7) is 2.14. The summed E-state index contributed by atoms with van der Waals surface area (Å²) in [6, 6.07) is 21.7. The van der Waals surface area contributed by atoms with Gasteiger partial charge in [0, 0.05) is 23.3 Å². The Bertz CT molecular complexity index is 774. The molecule has 3 heteroatoms. The second kappa shape index (κ2) is 6.39. The average Bonchev–Trinajstić information content (AvgIpc) is 2.64. The van der Waals surface area contributed by atoms with E-state index in [4.69, 9.17) is 4.98 Å². The van der Waals surface area contributed by atoms with Crippen LogP contribution in [0, 0.1) is 0 Å². The number of aromatic nitrogens is 1. The largest absolute Gasteiger partial charge is 0.323 e. The number of hydrogen-bond acceptors (Lipinski definition) is 3. The van der Waals surface area contributed by atoms with E-state index < -0.39 is 0 Å². The molecule has 0 aliphatic carbocycles. The molecule has 3 nitrogen and oxygen atoms in total. The zero-order valence-corrected chi connectivity index (χ0v) is 13.2. The lowest BCUT2D eigenvalue weighted by Gasteiger charge is -2.36. The maximum atomic E-state index is 4.76. The van der Waals surface area contributed by atoms with Gasteiger partial charge in [0.05, 0.1) is 0 Å². The van der Waals surface area contributed by atoms with Gasteiger partial charge in [-0.3, -0.25) is 0 Å². The third-order valence-corrected chi connectivity index (χ3v) is 4.59. The smallest absolute Gasteiger partial charge is 0.141 e. The first kappa shape index (κ1) is 14.2. The van der Waals surface area contributed by atoms with Gasteiger partial charge in [0.2, 0.25) is 0 Å². The molecule has 23 heavy (non-hydrogen) atoms. The van der Waals surface area contributed by atoms with Crippen LogP contribution in [0.2, 0.25) is 0 Å². The summed E-state index contributed by atoms with van der Waals surface area (Å²) in [5.41, 5.74) is 1.23. The second-order valence-corrected chi connectivity index (χ2v) is 6.04. The van der Waals surface area contributed by atoms with Gasteiger partial charge < -0.3 is 10.2 Å². The Labute approximate surface area is 137 Å². The molecule has 3 aromatic rings. The predicted octanol–water partition coefficient (Wildman–Crippen LogP) is 4.12. The number of anilines is 2. The van der Waals surface area contributed by atoms with E-state index in [1.807, 2.05) is 6.20 Å². The maximum absolute atomic E-state index is 4.76. The molecule has 1 fully saturated rings. The lowest BCUT2D eigenvalue weighted by Crippen LogP contribution is -2.41. The number of para-hydroxylation sites is 1. The van der Waals surface area contributed by atoms with Crippen molar-refractivity contribution < 1.29 is 0 Å². The minimum atomic E-state index is 0.483. The summed E-state index contributed by atoms with van der Waals surface area (Å²) in [4.78, 5) is 7.20. The number of benzene rings is 2. The van der Waals surface area contributed by atoms with Gasteiger partial charge in [-0.05, 0) is 49.5 Å². The first-order chi connectivity index (χ1) is 11.4. The van der Waals surface area contributed by atoms with Crippen molar-refractivity contribution >= 4 is 22.3 Å². The summed E-state index contributed by atoms with van der Waals surface area (Å²) >= 11 is 0. The van der Waals surface area contributed by atoms with Crippen molar-refractivity contribution in [1.82, 2.24) is 10.3 Å². The molecule has 1 aliphatic heterocycles. The molecule has 4 rings (SSSR count). The Morgan fingerprint density at radius 3 is 2.43 bits per heavy atom. The molecule has 1 aromatic heterocycles. The van der Waals surface area contributed by atoms with E-state index in [1.165, 1.54) is 16.5 Å². The van der Waals surface area contributed by atoms with Crippen LogP contribution in [0.1, 0.15) is 12.8 Å². The van der Waals surface area contributed by atoms with Crippen molar-refractivity contribution in [3.8, 4) is 0 Å². The minimum absolute atomic E-state index is 0.483. The average molecular weight is 303 g/mol. The van der Waals surface area contributed by atoms with E-state index in [1.54, 1.807) is 0 Å². The zero-order chi connectivity index (χ0) is 15.5. The van der Waals surface area contributed by atoms with Crippen molar-refractivity contribution in [3.63, 3.8) is 0 Å². The van der Waals surface area contributed by atoms with Gasteiger partial charge >= 0.3 is 0 Å². The van der Waals surface area contributed by atoms with E-state index in [0.717, 1.165) is 31.7 Å². The summed E-state index contributed by atoms with van der Waals surface area (Å²) in [5.74, 6) is 1.07. The van der Waals surface area contributed by atoms with Gasteiger partial charge in [-0.25, -0.2) is 4.98 Å². The molecule has 1 N–H and O–H groups in total. The molecule has 1 saturated heterocycles. The van der Waals surface area contributed by atoms with Crippen LogP contribution in [0.5, 0.6) is 0 Å². The van der Waals surface area contributed by atoms with Crippen LogP contribution in [0.25, 0.3) is 10.8 Å². The lowest BCUT2D eigenvalue weighted by atomic mass is 10.0. The van der Waals surface area contributed by atoms with Crippen molar-refractivity contribution in [2.24, 2.45) is 0 Å². The third kappa shape index (κ3) is 2.80. The molecule has 0 saturated carbocycles. The predicted molar refractivity (Wildman–Crippen MR) is 96.2 cm³/mol. The van der Waals surface area contributed by atoms with E-state index in [9.17, 15) is 0 Å². The van der Waals surface area contributed by atoms with Crippen LogP contribution in [-0.2, 0) is 0 Å². The Morgan fingerprint density at radius 1 is 0.870 bits per heavy atom. The number of rotatable bonds is 3. The number of hydrogen-bond donors (Lipinski definition) is 1. The fraction of sp³-hybridized carbons (Fsp3) is 0.250. The second-order valence-electron chi connectivity index (χ2n) is 6.04. The van der Waals surface area contributed by atoms with Gasteiger partial charge in [0.25, 0.3) is 0 Å². The highest BCUT2D eigenvalue weighted by molar-refractivity contribution is 5.94. The first-order valence-corrected chi connectivity index (χ1v) is 8.32. The van der Waals surface area contributed by atoms with Crippen LogP contribution in [0.3, 0.4) is 0 Å². The molecule has 1 aliphatic rings. The summed E-state index contributed by atoms with van der Waals surface area (Å²) in [7, 11) is 0. The van der Waals surface area contributed by atoms with E-state index in [-0.39, 0.29) is 0 Å². The number of pyridine rings is 1. The monoisotopic (exact) mass is 303 g/mol. The Hall–Kier alpha value is -2.39. The van der Waals surface area contributed by atoms with Crippen LogP contribution >= 0.6 is 0 Å². The number of piperidine rings is 1. The molecule has 0 spiro atoms. The van der Waals surface area contributed by atoms with Crippen molar-refractivity contribution in [1.29, 1.82) is 0 Å². The number of nitrogens with one attached hydrogen (secondary N) is 1. The topological polar surface area (TPSA) is 28.2 Å². The third-order valence-electron chi connectivity index (χ3n) is 4.59. The quantitative estimate of drug-likeness (QED) is 0.788. The SMILES string of the molecule is c1ccc(N(c2nccc3ccccc23)C2CCNCC2)cc1. The summed E-state index contributed by atoms with van der Waals surface area (Å²) < 4.78 is 0. The zero-order valence-electron chi connectivity index (χ0n) is 13.2. The molecular weight excluding hydrogens is 282 g/mol. The van der Waals surface area contributed by atoms with E-state index in [0.29, 0.717) is 6.04 Å². The van der Waals surface area contributed by atoms with Crippen LogP contribution in [0.4, 0.5) is 11.5 Å². The van der Waals surface area contributed by atoms with Crippen molar-refractivity contribution in [3.05, 3.63) is 66.9 Å². The molecule has 0 unspecified atom stereocenters. The highest BCUT2D eigenvalue weighted by atomic mass is 15.2. The summed E-state index contributed by atoms with van der Waals surface area (Å²) in [5, 5.41) is 5.93. The fourth-order valence-electron chi connectivity index (χ4n) is 3.46. The normalized spacial score (nSPS) is 15.7. The Morgan fingerprint density at radius 2 is 1.61 bits per heavy atom. The molecule has 0 radical (unpaired) electrons. The van der Waals surface area contributed by atoms with Gasteiger partial charge in [-0.2, -0.15) is 0 Å². The molecule has 2 aromatic carbocycles. The first-order valence-electron chi connectivity index (χ1n) is 8.32. The molecule has 0 bridgehead atoms. The van der Waals surface area contributed by atoms with Gasteiger partial charge in [0.1, 0.15) is 5.82 Å². The van der Waals surface area contributed by atoms with Gasteiger partial charge in [-0.1, -0.05) is 42.5 Å². The Kier molecular flexibility index (Phi) is 3.95. The molecule has 116 valence electrons. The van der Waals surface area contributed by atoms with Crippen molar-refractivity contribution in [2.45, 2.75) is 18.9 Å². The van der Waals surface area contributed by atoms with Crippen LogP contribution in [-0.4, -0.2) is 24.1 Å². The molecule has 2 heterocycles. The van der Waals surface area contributed by atoms with Crippen LogP contribution in [0.15, 0.2) is 66.9 Å². The van der Waals surface area contributed by atoms with Crippen molar-refractivity contribution in [2.75, 3.05) is 18.0 Å². The van der Waals surface area contributed by atoms with E-state index in [2.05, 4.69) is 70.9 Å². The highest BCUT2D eigenvalue weighted by Crippen LogP contribution is 2.34. The highest BCUT2D eigenvalue weighted by Gasteiger charge is 2.24. The maximum Gasteiger partial charge on any atom is 0.141 e. The Balaban J connectivity index is 1.86. The molecule has 0 atom stereocenters. The minimum Gasteiger partial charge on any atom is -0.323 e. The molecule has 0 amide bonds. The van der Waals surface area contributed by atoms with Crippen LogP contribution < -0.4 is 10.2 Å². The summed E-state index contributed by atoms with van der Waals surface area (Å²) in [6.07, 6.45) is 4.20. The lowest BCUT2D eigenvalue weighted by molar-refractivity contribution is 0.451.